The number of pyridine rings is 1. The third kappa shape index (κ3) is 3.24. The van der Waals surface area contributed by atoms with Crippen LogP contribution in [-0.2, 0) is 10.2 Å². The molecule has 1 aliphatic heterocycles. The standard InChI is InChI=1S/C17H24N4O2S/c1-12-9-15-16(10-13(12)2)19-11-14(3)17(15)20-5-4-6-21(8-7-20)24(18,22)23/h9-11H,4-8H2,1-3H3,(H2,18,22,23). The zero-order valence-corrected chi connectivity index (χ0v) is 15.2. The zero-order chi connectivity index (χ0) is 17.5. The van der Waals surface area contributed by atoms with Gasteiger partial charge in [0.25, 0.3) is 10.2 Å². The summed E-state index contributed by atoms with van der Waals surface area (Å²) in [5.41, 5.74) is 5.69. The first-order valence-corrected chi connectivity index (χ1v) is 9.67. The van der Waals surface area contributed by atoms with Crippen LogP contribution in [0.5, 0.6) is 0 Å². The summed E-state index contributed by atoms with van der Waals surface area (Å²) in [5.74, 6) is 0. The van der Waals surface area contributed by atoms with E-state index in [-0.39, 0.29) is 0 Å². The maximum Gasteiger partial charge on any atom is 0.276 e. The topological polar surface area (TPSA) is 79.5 Å². The second-order valence-electron chi connectivity index (χ2n) is 6.53. The van der Waals surface area contributed by atoms with Gasteiger partial charge in [-0.15, -0.1) is 0 Å². The summed E-state index contributed by atoms with van der Waals surface area (Å²) in [6.07, 6.45) is 2.65. The molecule has 1 aliphatic rings. The van der Waals surface area contributed by atoms with Crippen molar-refractivity contribution in [3.05, 3.63) is 35.0 Å². The summed E-state index contributed by atoms with van der Waals surface area (Å²) >= 11 is 0. The lowest BCUT2D eigenvalue weighted by molar-refractivity contribution is 0.434. The van der Waals surface area contributed by atoms with Crippen molar-refractivity contribution < 1.29 is 8.42 Å². The van der Waals surface area contributed by atoms with Crippen LogP contribution >= 0.6 is 0 Å². The average molecular weight is 348 g/mol. The number of rotatable bonds is 2. The van der Waals surface area contributed by atoms with Gasteiger partial charge in [0, 0.05) is 37.8 Å². The fourth-order valence-electron chi connectivity index (χ4n) is 3.33. The molecular weight excluding hydrogens is 324 g/mol. The van der Waals surface area contributed by atoms with Crippen molar-refractivity contribution >= 4 is 26.8 Å². The molecule has 0 aliphatic carbocycles. The van der Waals surface area contributed by atoms with E-state index in [1.807, 2.05) is 6.20 Å². The van der Waals surface area contributed by atoms with Gasteiger partial charge in [0.15, 0.2) is 0 Å². The van der Waals surface area contributed by atoms with Crippen LogP contribution in [0, 0.1) is 20.8 Å². The zero-order valence-electron chi connectivity index (χ0n) is 14.4. The van der Waals surface area contributed by atoms with Crippen LogP contribution < -0.4 is 10.0 Å². The van der Waals surface area contributed by atoms with Gasteiger partial charge in [0.2, 0.25) is 0 Å². The summed E-state index contributed by atoms with van der Waals surface area (Å²) in [5, 5.41) is 6.42. The second kappa shape index (κ2) is 6.31. The lowest BCUT2D eigenvalue weighted by Crippen LogP contribution is -2.39. The molecule has 7 heteroatoms. The molecule has 0 unspecified atom stereocenters. The van der Waals surface area contributed by atoms with Crippen molar-refractivity contribution in [3.63, 3.8) is 0 Å². The minimum Gasteiger partial charge on any atom is -0.369 e. The third-order valence-electron chi connectivity index (χ3n) is 4.77. The van der Waals surface area contributed by atoms with Crippen molar-refractivity contribution in [2.45, 2.75) is 27.2 Å². The molecule has 1 fully saturated rings. The van der Waals surface area contributed by atoms with Gasteiger partial charge in [0.05, 0.1) is 11.2 Å². The van der Waals surface area contributed by atoms with Crippen molar-refractivity contribution in [3.8, 4) is 0 Å². The fraction of sp³-hybridized carbons (Fsp3) is 0.471. The van der Waals surface area contributed by atoms with Crippen molar-refractivity contribution in [1.82, 2.24) is 9.29 Å². The molecule has 0 saturated carbocycles. The molecule has 0 atom stereocenters. The van der Waals surface area contributed by atoms with E-state index in [0.29, 0.717) is 19.6 Å². The minimum absolute atomic E-state index is 0.410. The predicted octanol–water partition coefficient (Wildman–Crippen LogP) is 1.88. The lowest BCUT2D eigenvalue weighted by atomic mass is 10.0. The Morgan fingerprint density at radius 3 is 2.42 bits per heavy atom. The molecule has 0 spiro atoms. The molecule has 1 aromatic heterocycles. The maximum absolute atomic E-state index is 11.6. The monoisotopic (exact) mass is 348 g/mol. The molecule has 2 N–H and O–H groups in total. The smallest absolute Gasteiger partial charge is 0.276 e. The summed E-state index contributed by atoms with van der Waals surface area (Å²) < 4.78 is 24.6. The minimum atomic E-state index is -3.63. The Hall–Kier alpha value is -1.70. The highest BCUT2D eigenvalue weighted by molar-refractivity contribution is 7.86. The number of fused-ring (bicyclic) bond motifs is 1. The first-order valence-electron chi connectivity index (χ1n) is 8.17. The molecule has 130 valence electrons. The van der Waals surface area contributed by atoms with Gasteiger partial charge < -0.3 is 4.90 Å². The molecule has 0 radical (unpaired) electrons. The normalized spacial score (nSPS) is 17.2. The van der Waals surface area contributed by atoms with Crippen molar-refractivity contribution in [1.29, 1.82) is 0 Å². The SMILES string of the molecule is Cc1cc2ncc(C)c(N3CCCN(S(N)(=O)=O)CC3)c2cc1C. The molecule has 24 heavy (non-hydrogen) atoms. The summed E-state index contributed by atoms with van der Waals surface area (Å²) in [6, 6.07) is 4.30. The Labute approximate surface area is 143 Å². The number of aryl methyl sites for hydroxylation is 3. The summed E-state index contributed by atoms with van der Waals surface area (Å²) in [4.78, 5) is 6.83. The first-order chi connectivity index (χ1) is 11.3. The molecule has 1 aromatic carbocycles. The lowest BCUT2D eigenvalue weighted by Gasteiger charge is -2.26. The van der Waals surface area contributed by atoms with Gasteiger partial charge in [-0.05, 0) is 56.0 Å². The molecule has 3 rings (SSSR count). The number of hydrogen-bond acceptors (Lipinski definition) is 4. The van der Waals surface area contributed by atoms with Gasteiger partial charge in [-0.25, -0.2) is 5.14 Å². The molecule has 2 heterocycles. The van der Waals surface area contributed by atoms with E-state index in [1.165, 1.54) is 15.4 Å². The third-order valence-corrected chi connectivity index (χ3v) is 5.85. The van der Waals surface area contributed by atoms with E-state index in [2.05, 4.69) is 42.8 Å². The van der Waals surface area contributed by atoms with Crippen LogP contribution in [0.3, 0.4) is 0 Å². The Morgan fingerprint density at radius 1 is 1.00 bits per heavy atom. The van der Waals surface area contributed by atoms with E-state index in [0.717, 1.165) is 35.1 Å². The molecule has 2 aromatic rings. The highest BCUT2D eigenvalue weighted by Crippen LogP contribution is 2.31. The molecule has 1 saturated heterocycles. The number of benzene rings is 1. The van der Waals surface area contributed by atoms with E-state index in [4.69, 9.17) is 5.14 Å². The van der Waals surface area contributed by atoms with Crippen molar-refractivity contribution in [2.75, 3.05) is 31.1 Å². The Kier molecular flexibility index (Phi) is 4.50. The largest absolute Gasteiger partial charge is 0.369 e. The van der Waals surface area contributed by atoms with Crippen LogP contribution in [0.4, 0.5) is 5.69 Å². The number of aromatic nitrogens is 1. The maximum atomic E-state index is 11.6. The van der Waals surface area contributed by atoms with Crippen molar-refractivity contribution in [2.24, 2.45) is 5.14 Å². The molecule has 0 amide bonds. The molecule has 6 nitrogen and oxygen atoms in total. The van der Waals surface area contributed by atoms with Gasteiger partial charge in [-0.1, -0.05) is 0 Å². The number of nitrogens with two attached hydrogens (primary N) is 1. The van der Waals surface area contributed by atoms with Gasteiger partial charge in [0.1, 0.15) is 0 Å². The quantitative estimate of drug-likeness (QED) is 0.898. The van der Waals surface area contributed by atoms with Gasteiger partial charge >= 0.3 is 0 Å². The first kappa shape index (κ1) is 17.1. The van der Waals surface area contributed by atoms with Gasteiger partial charge in [-0.3, -0.25) is 4.98 Å². The summed E-state index contributed by atoms with van der Waals surface area (Å²) in [7, 11) is -3.63. The fourth-order valence-corrected chi connectivity index (χ4v) is 4.05. The van der Waals surface area contributed by atoms with Crippen LogP contribution in [0.1, 0.15) is 23.1 Å². The van der Waals surface area contributed by atoms with E-state index in [9.17, 15) is 8.42 Å². The predicted molar refractivity (Wildman–Crippen MR) is 97.5 cm³/mol. The Morgan fingerprint density at radius 2 is 1.71 bits per heavy atom. The number of anilines is 1. The van der Waals surface area contributed by atoms with Crippen LogP contribution in [-0.4, -0.2) is 43.9 Å². The van der Waals surface area contributed by atoms with E-state index < -0.39 is 10.2 Å². The average Bonchev–Trinajstić information content (AvgIpc) is 2.74. The highest BCUT2D eigenvalue weighted by Gasteiger charge is 2.23. The molecular formula is C17H24N4O2S. The molecule has 0 bridgehead atoms. The summed E-state index contributed by atoms with van der Waals surface area (Å²) in [6.45, 7) is 8.56. The van der Waals surface area contributed by atoms with E-state index in [1.54, 1.807) is 0 Å². The van der Waals surface area contributed by atoms with Crippen LogP contribution in [0.25, 0.3) is 10.9 Å². The van der Waals surface area contributed by atoms with Crippen LogP contribution in [0.15, 0.2) is 18.3 Å². The number of hydrogen-bond donors (Lipinski definition) is 1. The second-order valence-corrected chi connectivity index (χ2v) is 8.07. The highest BCUT2D eigenvalue weighted by atomic mass is 32.2. The van der Waals surface area contributed by atoms with Crippen LogP contribution in [0.2, 0.25) is 0 Å². The van der Waals surface area contributed by atoms with E-state index >= 15 is 0 Å². The Bertz CT molecular complexity index is 880. The van der Waals surface area contributed by atoms with Gasteiger partial charge in [-0.2, -0.15) is 12.7 Å². The number of nitrogens with zero attached hydrogens (tertiary/aromatic N) is 3. The Balaban J connectivity index is 2.03.